The number of nitrogens with zero attached hydrogens (tertiary/aromatic N) is 5. The minimum absolute atomic E-state index is 0.0332. The molecule has 0 aliphatic carbocycles. The summed E-state index contributed by atoms with van der Waals surface area (Å²) in [7, 11) is 0. The van der Waals surface area contributed by atoms with E-state index >= 15 is 0 Å². The summed E-state index contributed by atoms with van der Waals surface area (Å²) in [6.07, 6.45) is 3.32. The van der Waals surface area contributed by atoms with E-state index in [2.05, 4.69) is 35.6 Å². The zero-order valence-corrected chi connectivity index (χ0v) is 15.3. The predicted molar refractivity (Wildman–Crippen MR) is 98.9 cm³/mol. The van der Waals surface area contributed by atoms with Crippen LogP contribution in [0, 0.1) is 27.9 Å². The molecule has 0 bridgehead atoms. The Morgan fingerprint density at radius 2 is 1.72 bits per heavy atom. The molecule has 2 aliphatic heterocycles. The second-order valence-corrected chi connectivity index (χ2v) is 7.88. The Morgan fingerprint density at radius 3 is 2.32 bits per heavy atom. The molecule has 3 heterocycles. The van der Waals surface area contributed by atoms with Crippen LogP contribution in [-0.2, 0) is 0 Å². The fraction of sp³-hybridized carbons (Fsp3) is 0.765. The first-order valence-corrected chi connectivity index (χ1v) is 9.17. The molecule has 0 unspecified atom stereocenters. The third-order valence-corrected chi connectivity index (χ3v) is 5.17. The topological polar surface area (TPSA) is 101 Å². The van der Waals surface area contributed by atoms with Gasteiger partial charge in [0, 0.05) is 26.2 Å². The van der Waals surface area contributed by atoms with Gasteiger partial charge in [-0.25, -0.2) is 0 Å². The maximum atomic E-state index is 11.6. The fourth-order valence-corrected chi connectivity index (χ4v) is 4.19. The molecule has 0 aromatic carbocycles. The lowest BCUT2D eigenvalue weighted by Crippen LogP contribution is -2.40. The van der Waals surface area contributed by atoms with Crippen LogP contribution in [-0.4, -0.2) is 41.1 Å². The van der Waals surface area contributed by atoms with Gasteiger partial charge in [0.15, 0.2) is 0 Å². The smallest absolute Gasteiger partial charge is 0.353 e. The average molecular weight is 348 g/mol. The van der Waals surface area contributed by atoms with Crippen molar-refractivity contribution in [3.05, 3.63) is 10.1 Å². The zero-order valence-electron chi connectivity index (χ0n) is 15.3. The summed E-state index contributed by atoms with van der Waals surface area (Å²) in [5, 5.41) is 11.6. The molecule has 1 aromatic rings. The number of nitrogens with two attached hydrogens (primary N) is 1. The van der Waals surface area contributed by atoms with Crippen molar-refractivity contribution in [1.82, 2.24) is 9.97 Å². The van der Waals surface area contributed by atoms with Crippen molar-refractivity contribution in [3.63, 3.8) is 0 Å². The maximum absolute atomic E-state index is 11.6. The van der Waals surface area contributed by atoms with E-state index in [-0.39, 0.29) is 11.5 Å². The van der Waals surface area contributed by atoms with Crippen molar-refractivity contribution in [2.24, 2.45) is 17.8 Å². The van der Waals surface area contributed by atoms with E-state index in [4.69, 9.17) is 5.73 Å². The standard InChI is InChI=1S/C17H28N6O2/c1-11-5-4-6-21(8-11)16-14(23(24)25)15(18)19-17(20-16)22-9-12(2)7-13(3)10-22/h11-13H,4-10H2,1-3H3,(H2,18,19,20)/t11-,12+,13+/m0/s1. The number of piperidine rings is 2. The zero-order chi connectivity index (χ0) is 18.1. The molecule has 0 amide bonds. The lowest BCUT2D eigenvalue weighted by molar-refractivity contribution is -0.383. The van der Waals surface area contributed by atoms with Crippen molar-refractivity contribution >= 4 is 23.3 Å². The van der Waals surface area contributed by atoms with Gasteiger partial charge in [0.1, 0.15) is 0 Å². The van der Waals surface area contributed by atoms with E-state index in [1.165, 1.54) is 6.42 Å². The summed E-state index contributed by atoms with van der Waals surface area (Å²) in [4.78, 5) is 24.2. The van der Waals surface area contributed by atoms with E-state index in [1.54, 1.807) is 0 Å². The molecule has 25 heavy (non-hydrogen) atoms. The Bertz CT molecular complexity index is 642. The fourth-order valence-electron chi connectivity index (χ4n) is 4.19. The summed E-state index contributed by atoms with van der Waals surface area (Å²) >= 11 is 0. The number of anilines is 3. The highest BCUT2D eigenvalue weighted by atomic mass is 16.6. The van der Waals surface area contributed by atoms with Crippen molar-refractivity contribution in [2.75, 3.05) is 41.7 Å². The lowest BCUT2D eigenvalue weighted by Gasteiger charge is -2.36. The van der Waals surface area contributed by atoms with Gasteiger partial charge in [0.25, 0.3) is 0 Å². The Hall–Kier alpha value is -2.12. The van der Waals surface area contributed by atoms with Gasteiger partial charge in [-0.15, -0.1) is 0 Å². The molecule has 138 valence electrons. The number of hydrogen-bond acceptors (Lipinski definition) is 7. The van der Waals surface area contributed by atoms with Gasteiger partial charge in [-0.1, -0.05) is 20.8 Å². The van der Waals surface area contributed by atoms with Crippen LogP contribution in [0.25, 0.3) is 0 Å². The average Bonchev–Trinajstić information content (AvgIpc) is 2.52. The minimum atomic E-state index is -0.449. The van der Waals surface area contributed by atoms with Gasteiger partial charge in [0.05, 0.1) is 4.92 Å². The molecule has 2 aliphatic rings. The van der Waals surface area contributed by atoms with Crippen LogP contribution in [0.5, 0.6) is 0 Å². The second-order valence-electron chi connectivity index (χ2n) is 7.88. The Morgan fingerprint density at radius 1 is 1.08 bits per heavy atom. The number of aromatic nitrogens is 2. The highest BCUT2D eigenvalue weighted by Gasteiger charge is 2.32. The maximum Gasteiger partial charge on any atom is 0.353 e. The molecule has 1 aromatic heterocycles. The van der Waals surface area contributed by atoms with Crippen molar-refractivity contribution in [2.45, 2.75) is 40.0 Å². The molecule has 0 spiro atoms. The molecular formula is C17H28N6O2. The van der Waals surface area contributed by atoms with Gasteiger partial charge in [-0.2, -0.15) is 9.97 Å². The highest BCUT2D eigenvalue weighted by Crippen LogP contribution is 2.36. The van der Waals surface area contributed by atoms with Gasteiger partial charge in [-0.05, 0) is 37.0 Å². The first kappa shape index (κ1) is 17.7. The van der Waals surface area contributed by atoms with Crippen LogP contribution < -0.4 is 15.5 Å². The highest BCUT2D eigenvalue weighted by molar-refractivity contribution is 5.71. The van der Waals surface area contributed by atoms with E-state index in [0.717, 1.165) is 39.0 Å². The summed E-state index contributed by atoms with van der Waals surface area (Å²) in [6.45, 7) is 9.85. The molecule has 8 heteroatoms. The first-order valence-electron chi connectivity index (χ1n) is 9.17. The van der Waals surface area contributed by atoms with Gasteiger partial charge in [-0.3, -0.25) is 10.1 Å². The van der Waals surface area contributed by atoms with Crippen LogP contribution in [0.15, 0.2) is 0 Å². The molecule has 0 saturated carbocycles. The summed E-state index contributed by atoms with van der Waals surface area (Å²) in [5.74, 6) is 2.45. The van der Waals surface area contributed by atoms with Gasteiger partial charge >= 0.3 is 5.69 Å². The van der Waals surface area contributed by atoms with Crippen LogP contribution in [0.3, 0.4) is 0 Å². The monoisotopic (exact) mass is 348 g/mol. The van der Waals surface area contributed by atoms with E-state index in [9.17, 15) is 10.1 Å². The summed E-state index contributed by atoms with van der Waals surface area (Å²) < 4.78 is 0. The van der Waals surface area contributed by atoms with Gasteiger partial charge in [0.2, 0.25) is 17.6 Å². The third-order valence-electron chi connectivity index (χ3n) is 5.17. The van der Waals surface area contributed by atoms with Gasteiger partial charge < -0.3 is 15.5 Å². The Labute approximate surface area is 148 Å². The summed E-state index contributed by atoms with van der Waals surface area (Å²) in [5.41, 5.74) is 5.84. The first-order chi connectivity index (χ1) is 11.8. The number of nitrogen functional groups attached to an aromatic ring is 1. The normalized spacial score (nSPS) is 27.4. The molecule has 3 atom stereocenters. The number of hydrogen-bond donors (Lipinski definition) is 1. The Balaban J connectivity index is 1.99. The van der Waals surface area contributed by atoms with E-state index < -0.39 is 4.92 Å². The van der Waals surface area contributed by atoms with E-state index in [1.807, 2.05) is 4.90 Å². The predicted octanol–water partition coefficient (Wildman–Crippen LogP) is 2.69. The van der Waals surface area contributed by atoms with Crippen LogP contribution in [0.4, 0.5) is 23.3 Å². The number of nitro groups is 1. The van der Waals surface area contributed by atoms with Crippen molar-refractivity contribution < 1.29 is 4.92 Å². The molecule has 2 fully saturated rings. The lowest BCUT2D eigenvalue weighted by atomic mass is 9.92. The number of rotatable bonds is 3. The van der Waals surface area contributed by atoms with Crippen LogP contribution >= 0.6 is 0 Å². The Kier molecular flexibility index (Phi) is 4.96. The van der Waals surface area contributed by atoms with Crippen molar-refractivity contribution in [1.29, 1.82) is 0 Å². The molecule has 0 radical (unpaired) electrons. The summed E-state index contributed by atoms with van der Waals surface area (Å²) in [6, 6.07) is 0. The largest absolute Gasteiger partial charge is 0.378 e. The van der Waals surface area contributed by atoms with Crippen molar-refractivity contribution in [3.8, 4) is 0 Å². The third kappa shape index (κ3) is 3.77. The SMILES string of the molecule is C[C@@H]1C[C@@H](C)CN(c2nc(N)c([N+](=O)[O-])c(N3CCC[C@H](C)C3)n2)C1. The molecular weight excluding hydrogens is 320 g/mol. The minimum Gasteiger partial charge on any atom is -0.378 e. The van der Waals surface area contributed by atoms with Crippen LogP contribution in [0.1, 0.15) is 40.0 Å². The van der Waals surface area contributed by atoms with Crippen LogP contribution in [0.2, 0.25) is 0 Å². The van der Waals surface area contributed by atoms with E-state index in [0.29, 0.717) is 29.5 Å². The molecule has 3 rings (SSSR count). The quantitative estimate of drug-likeness (QED) is 0.662. The molecule has 2 saturated heterocycles. The second kappa shape index (κ2) is 7.01. The molecule has 8 nitrogen and oxygen atoms in total. The molecule has 2 N–H and O–H groups in total.